The third kappa shape index (κ3) is 10.9. The summed E-state index contributed by atoms with van der Waals surface area (Å²) in [4.78, 5) is 17.5. The van der Waals surface area contributed by atoms with Crippen LogP contribution >= 0.6 is 11.8 Å². The highest BCUT2D eigenvalue weighted by atomic mass is 32.2. The molecule has 0 saturated carbocycles. The van der Waals surface area contributed by atoms with E-state index in [9.17, 15) is 4.79 Å². The van der Waals surface area contributed by atoms with Gasteiger partial charge in [0.1, 0.15) is 5.60 Å². The van der Waals surface area contributed by atoms with Gasteiger partial charge in [-0.15, -0.1) is 11.8 Å². The molecule has 1 amide bonds. The molecule has 0 bridgehead atoms. The van der Waals surface area contributed by atoms with Gasteiger partial charge in [0.25, 0.3) is 0 Å². The highest BCUT2D eigenvalue weighted by Crippen LogP contribution is 2.18. The summed E-state index contributed by atoms with van der Waals surface area (Å²) in [7, 11) is 0. The molecule has 0 radical (unpaired) electrons. The molecule has 2 N–H and O–H groups in total. The van der Waals surface area contributed by atoms with E-state index < -0.39 is 5.60 Å². The van der Waals surface area contributed by atoms with E-state index in [2.05, 4.69) is 53.7 Å². The fourth-order valence-corrected chi connectivity index (χ4v) is 3.05. The Morgan fingerprint density at radius 3 is 2.52 bits per heavy atom. The van der Waals surface area contributed by atoms with E-state index in [1.165, 1.54) is 4.90 Å². The molecular formula is C21H35N3O2S. The van der Waals surface area contributed by atoms with Crippen LogP contribution in [-0.4, -0.2) is 37.1 Å². The number of carbonyl (C=O) groups is 1. The minimum Gasteiger partial charge on any atom is -0.444 e. The summed E-state index contributed by atoms with van der Waals surface area (Å²) in [6, 6.07) is 8.47. The van der Waals surface area contributed by atoms with E-state index in [1.807, 2.05) is 20.8 Å². The zero-order chi connectivity index (χ0) is 20.1. The number of amides is 1. The lowest BCUT2D eigenvalue weighted by Gasteiger charge is -2.19. The topological polar surface area (TPSA) is 62.7 Å². The molecule has 1 rings (SSSR count). The van der Waals surface area contributed by atoms with Gasteiger partial charge in [0.05, 0.1) is 11.0 Å². The second-order valence-electron chi connectivity index (χ2n) is 7.31. The molecule has 5 nitrogen and oxygen atoms in total. The van der Waals surface area contributed by atoms with E-state index in [0.717, 1.165) is 49.1 Å². The smallest absolute Gasteiger partial charge is 0.407 e. The molecule has 0 unspecified atom stereocenters. The third-order valence-electron chi connectivity index (χ3n) is 3.42. The average Bonchev–Trinajstić information content (AvgIpc) is 2.78. The van der Waals surface area contributed by atoms with Gasteiger partial charge in [0.2, 0.25) is 0 Å². The molecule has 6 heteroatoms. The monoisotopic (exact) mass is 393 g/mol. The second kappa shape index (κ2) is 12.7. The number of thioether (sulfide) groups is 1. The lowest BCUT2D eigenvalue weighted by atomic mass is 10.2. The number of alkyl carbamates (subject to hydrolysis) is 1. The van der Waals surface area contributed by atoms with Crippen molar-refractivity contribution in [1.82, 2.24) is 5.32 Å². The first-order chi connectivity index (χ1) is 12.9. The fraction of sp³-hybridized carbons (Fsp3) is 0.619. The zero-order valence-corrected chi connectivity index (χ0v) is 18.2. The molecule has 152 valence electrons. The van der Waals surface area contributed by atoms with Gasteiger partial charge in [-0.25, -0.2) is 4.79 Å². The number of nitrogens with zero attached hydrogens (tertiary/aromatic N) is 1. The van der Waals surface area contributed by atoms with Crippen LogP contribution in [0.2, 0.25) is 0 Å². The Hall–Kier alpha value is -1.69. The maximum atomic E-state index is 11.6. The minimum absolute atomic E-state index is 0.354. The summed E-state index contributed by atoms with van der Waals surface area (Å²) >= 11 is 1.78. The summed E-state index contributed by atoms with van der Waals surface area (Å²) in [5.74, 6) is 0.930. The predicted octanol–water partition coefficient (Wildman–Crippen LogP) is 4.83. The van der Waals surface area contributed by atoms with Crippen LogP contribution in [0.5, 0.6) is 0 Å². The molecule has 0 heterocycles. The van der Waals surface area contributed by atoms with Crippen molar-refractivity contribution in [2.45, 2.75) is 64.4 Å². The van der Waals surface area contributed by atoms with Crippen molar-refractivity contribution in [3.63, 3.8) is 0 Å². The highest BCUT2D eigenvalue weighted by Gasteiger charge is 2.15. The quantitative estimate of drug-likeness (QED) is 0.442. The molecule has 0 aliphatic heterocycles. The number of carbonyl (C=O) groups excluding carboxylic acids is 1. The predicted molar refractivity (Wildman–Crippen MR) is 116 cm³/mol. The first kappa shape index (κ1) is 23.3. The van der Waals surface area contributed by atoms with E-state index in [-0.39, 0.29) is 6.09 Å². The minimum atomic E-state index is -0.457. The summed E-state index contributed by atoms with van der Waals surface area (Å²) < 4.78 is 5.23. The standard InChI is InChI=1S/C21H35N3O2S/c1-6-13-22-18-11-9-17(10-12-19(18)23-14-7-2)27-16-8-15-24-20(25)26-21(3,4)5/h9-12H,6-8,13-16H2,1-5H3,(H,22,23)(H,24,25). The summed E-state index contributed by atoms with van der Waals surface area (Å²) in [5.41, 5.74) is 0.630. The number of rotatable bonds is 10. The molecule has 0 aromatic heterocycles. The molecular weight excluding hydrogens is 358 g/mol. The largest absolute Gasteiger partial charge is 0.444 e. The first-order valence-electron chi connectivity index (χ1n) is 9.84. The number of hydrogen-bond donors (Lipinski definition) is 2. The molecule has 0 fully saturated rings. The Balaban J connectivity index is 2.56. The van der Waals surface area contributed by atoms with Crippen molar-refractivity contribution >= 4 is 23.5 Å². The van der Waals surface area contributed by atoms with Crippen LogP contribution in [0.25, 0.3) is 0 Å². The van der Waals surface area contributed by atoms with Gasteiger partial charge in [-0.05, 0) is 70.1 Å². The van der Waals surface area contributed by atoms with Crippen LogP contribution in [0, 0.1) is 0 Å². The number of ether oxygens (including phenoxy) is 1. The molecule has 0 saturated heterocycles. The number of anilines is 1. The number of hydrogen-bond acceptors (Lipinski definition) is 5. The maximum Gasteiger partial charge on any atom is 0.407 e. The molecule has 0 atom stereocenters. The normalized spacial score (nSPS) is 12.0. The van der Waals surface area contributed by atoms with Crippen LogP contribution in [0.4, 0.5) is 10.5 Å². The molecule has 0 aliphatic rings. The Morgan fingerprint density at radius 2 is 1.85 bits per heavy atom. The number of nitrogens with one attached hydrogen (secondary N) is 2. The summed E-state index contributed by atoms with van der Waals surface area (Å²) in [6.45, 7) is 12.3. The Kier molecular flexibility index (Phi) is 10.9. The Labute approximate surface area is 168 Å². The van der Waals surface area contributed by atoms with Crippen LogP contribution in [0.1, 0.15) is 53.9 Å². The Morgan fingerprint density at radius 1 is 1.11 bits per heavy atom. The second-order valence-corrected chi connectivity index (χ2v) is 8.48. The Bertz CT molecular complexity index is 642. The van der Waals surface area contributed by atoms with E-state index in [1.54, 1.807) is 11.8 Å². The van der Waals surface area contributed by atoms with Crippen molar-refractivity contribution < 1.29 is 9.53 Å². The summed E-state index contributed by atoms with van der Waals surface area (Å²) in [5, 5.41) is 7.28. The van der Waals surface area contributed by atoms with E-state index in [0.29, 0.717) is 6.54 Å². The van der Waals surface area contributed by atoms with Gasteiger partial charge in [-0.3, -0.25) is 4.99 Å². The van der Waals surface area contributed by atoms with Gasteiger partial charge in [0.15, 0.2) is 0 Å². The van der Waals surface area contributed by atoms with Crippen LogP contribution in [-0.2, 0) is 4.74 Å². The van der Waals surface area contributed by atoms with Gasteiger partial charge in [0, 0.05) is 24.5 Å². The van der Waals surface area contributed by atoms with E-state index >= 15 is 0 Å². The van der Waals surface area contributed by atoms with Gasteiger partial charge in [-0.1, -0.05) is 13.8 Å². The van der Waals surface area contributed by atoms with Crippen LogP contribution in [0.15, 0.2) is 34.2 Å². The summed E-state index contributed by atoms with van der Waals surface area (Å²) in [6.07, 6.45) is 2.65. The lowest BCUT2D eigenvalue weighted by molar-refractivity contribution is 0.0528. The van der Waals surface area contributed by atoms with Crippen molar-refractivity contribution in [3.05, 3.63) is 29.6 Å². The highest BCUT2D eigenvalue weighted by molar-refractivity contribution is 7.99. The van der Waals surface area contributed by atoms with Crippen LogP contribution in [0.3, 0.4) is 0 Å². The third-order valence-corrected chi connectivity index (χ3v) is 4.52. The zero-order valence-electron chi connectivity index (χ0n) is 17.4. The SMILES string of the molecule is CCCN=c1ccc(SCCCNC(=O)OC(C)(C)C)ccc1NCCC. The maximum absolute atomic E-state index is 11.6. The van der Waals surface area contributed by atoms with Gasteiger partial charge < -0.3 is 15.4 Å². The molecule has 0 spiro atoms. The van der Waals surface area contributed by atoms with Crippen LogP contribution < -0.4 is 16.0 Å². The van der Waals surface area contributed by atoms with E-state index in [4.69, 9.17) is 4.74 Å². The van der Waals surface area contributed by atoms with Gasteiger partial charge in [-0.2, -0.15) is 0 Å². The fourth-order valence-electron chi connectivity index (χ4n) is 2.20. The van der Waals surface area contributed by atoms with Crippen molar-refractivity contribution in [2.24, 2.45) is 4.99 Å². The van der Waals surface area contributed by atoms with Gasteiger partial charge >= 0.3 is 6.09 Å². The molecule has 27 heavy (non-hydrogen) atoms. The van der Waals surface area contributed by atoms with Crippen molar-refractivity contribution in [2.75, 3.05) is 30.7 Å². The lowest BCUT2D eigenvalue weighted by Crippen LogP contribution is -2.33. The molecule has 1 aromatic carbocycles. The van der Waals surface area contributed by atoms with Crippen molar-refractivity contribution in [3.8, 4) is 0 Å². The first-order valence-corrected chi connectivity index (χ1v) is 10.8. The molecule has 1 aromatic rings. The average molecular weight is 394 g/mol. The molecule has 0 aliphatic carbocycles. The van der Waals surface area contributed by atoms with Crippen molar-refractivity contribution in [1.29, 1.82) is 0 Å².